The molecule has 1 aliphatic heterocycles. The Balaban J connectivity index is 1.42. The van der Waals surface area contributed by atoms with Crippen LogP contribution in [0.15, 0.2) is 54.6 Å². The second-order valence-electron chi connectivity index (χ2n) is 9.26. The summed E-state index contributed by atoms with van der Waals surface area (Å²) in [5.74, 6) is 1.49. The van der Waals surface area contributed by atoms with E-state index in [-0.39, 0.29) is 18.3 Å². The predicted octanol–water partition coefficient (Wildman–Crippen LogP) is 5.10. The van der Waals surface area contributed by atoms with Crippen LogP contribution in [0.4, 0.5) is 9.18 Å². The molecule has 2 aromatic heterocycles. The van der Waals surface area contributed by atoms with Gasteiger partial charge in [-0.3, -0.25) is 0 Å². The van der Waals surface area contributed by atoms with Crippen LogP contribution in [0.5, 0.6) is 17.5 Å². The van der Waals surface area contributed by atoms with E-state index in [1.54, 1.807) is 30.3 Å². The Bertz CT molecular complexity index is 1470. The summed E-state index contributed by atoms with van der Waals surface area (Å²) in [6.07, 6.45) is 2.13. The molecule has 0 aliphatic carbocycles. The van der Waals surface area contributed by atoms with Gasteiger partial charge in [0.2, 0.25) is 11.8 Å². The zero-order chi connectivity index (χ0) is 25.8. The summed E-state index contributed by atoms with van der Waals surface area (Å²) in [5, 5.41) is 13.8. The highest BCUT2D eigenvalue weighted by molar-refractivity contribution is 5.94. The lowest BCUT2D eigenvalue weighted by atomic mass is 9.98. The summed E-state index contributed by atoms with van der Waals surface area (Å²) in [5.41, 5.74) is 1.71. The Morgan fingerprint density at radius 3 is 2.76 bits per heavy atom. The highest BCUT2D eigenvalue weighted by Gasteiger charge is 2.19. The molecule has 0 saturated carbocycles. The number of carbonyl (C=O) groups excluding carboxylic acids is 1. The SMILES string of the molecule is CN1CCC(COc2cc3nc(Oc4cc5ccccc5n4C(=O)NCCF)ccc3cc2C#N)CC1. The molecule has 2 aromatic carbocycles. The monoisotopic (exact) mass is 501 g/mol. The topological polar surface area (TPSA) is 92.4 Å². The molecule has 1 N–H and O–H groups in total. The van der Waals surface area contributed by atoms with Crippen molar-refractivity contribution in [3.05, 3.63) is 60.2 Å². The van der Waals surface area contributed by atoms with Crippen molar-refractivity contribution in [2.45, 2.75) is 12.8 Å². The number of benzene rings is 2. The van der Waals surface area contributed by atoms with Gasteiger partial charge in [0.05, 0.1) is 23.2 Å². The average Bonchev–Trinajstić information content (AvgIpc) is 3.28. The van der Waals surface area contributed by atoms with Crippen molar-refractivity contribution in [3.63, 3.8) is 0 Å². The minimum Gasteiger partial charge on any atom is -0.492 e. The molecule has 37 heavy (non-hydrogen) atoms. The minimum atomic E-state index is -0.666. The summed E-state index contributed by atoms with van der Waals surface area (Å²) >= 11 is 0. The maximum Gasteiger partial charge on any atom is 0.328 e. The van der Waals surface area contributed by atoms with Crippen molar-refractivity contribution in [1.82, 2.24) is 19.8 Å². The quantitative estimate of drug-likeness (QED) is 0.379. The van der Waals surface area contributed by atoms with Gasteiger partial charge in [-0.05, 0) is 57.1 Å². The van der Waals surface area contributed by atoms with Crippen LogP contribution < -0.4 is 14.8 Å². The van der Waals surface area contributed by atoms with Crippen molar-refractivity contribution in [1.29, 1.82) is 5.26 Å². The van der Waals surface area contributed by atoms with Gasteiger partial charge in [0.25, 0.3) is 0 Å². The predicted molar refractivity (Wildman–Crippen MR) is 139 cm³/mol. The number of halogens is 1. The maximum absolute atomic E-state index is 12.8. The van der Waals surface area contributed by atoms with Gasteiger partial charge < -0.3 is 19.7 Å². The number of nitrogens with zero attached hydrogens (tertiary/aromatic N) is 4. The van der Waals surface area contributed by atoms with Crippen molar-refractivity contribution in [2.75, 3.05) is 40.0 Å². The molecular weight excluding hydrogens is 473 g/mol. The third-order valence-corrected chi connectivity index (χ3v) is 6.66. The number of hydrogen-bond donors (Lipinski definition) is 1. The summed E-state index contributed by atoms with van der Waals surface area (Å²) in [6, 6.07) is 17.8. The summed E-state index contributed by atoms with van der Waals surface area (Å²) < 4.78 is 26.2. The largest absolute Gasteiger partial charge is 0.492 e. The van der Waals surface area contributed by atoms with Crippen LogP contribution >= 0.6 is 0 Å². The van der Waals surface area contributed by atoms with Gasteiger partial charge in [-0.2, -0.15) is 5.26 Å². The van der Waals surface area contributed by atoms with Crippen molar-refractivity contribution in [3.8, 4) is 23.6 Å². The Morgan fingerprint density at radius 2 is 1.97 bits per heavy atom. The third-order valence-electron chi connectivity index (χ3n) is 6.66. The zero-order valence-electron chi connectivity index (χ0n) is 20.6. The third kappa shape index (κ3) is 5.34. The lowest BCUT2D eigenvalue weighted by Crippen LogP contribution is -2.32. The van der Waals surface area contributed by atoms with Crippen LogP contribution in [-0.2, 0) is 0 Å². The fourth-order valence-corrected chi connectivity index (χ4v) is 4.59. The molecule has 0 bridgehead atoms. The number of carbonyl (C=O) groups is 1. The van der Waals surface area contributed by atoms with Crippen molar-refractivity contribution in [2.24, 2.45) is 5.92 Å². The number of likely N-dealkylation sites (tertiary alicyclic amines) is 1. The Morgan fingerprint density at radius 1 is 1.16 bits per heavy atom. The van der Waals surface area contributed by atoms with Gasteiger partial charge in [-0.1, -0.05) is 18.2 Å². The number of para-hydroxylation sites is 1. The van der Waals surface area contributed by atoms with Gasteiger partial charge in [0, 0.05) is 35.5 Å². The summed E-state index contributed by atoms with van der Waals surface area (Å²) in [7, 11) is 2.12. The van der Waals surface area contributed by atoms with Crippen LogP contribution in [0.1, 0.15) is 18.4 Å². The first kappa shape index (κ1) is 24.5. The van der Waals surface area contributed by atoms with Crippen LogP contribution in [0.25, 0.3) is 21.8 Å². The van der Waals surface area contributed by atoms with E-state index in [0.717, 1.165) is 36.7 Å². The summed E-state index contributed by atoms with van der Waals surface area (Å²) in [4.78, 5) is 19.7. The number of rotatable bonds is 7. The summed E-state index contributed by atoms with van der Waals surface area (Å²) in [6.45, 7) is 1.88. The number of fused-ring (bicyclic) bond motifs is 2. The van der Waals surface area contributed by atoms with Crippen molar-refractivity contribution >= 4 is 27.8 Å². The molecule has 0 radical (unpaired) electrons. The van der Waals surface area contributed by atoms with E-state index in [0.29, 0.717) is 34.9 Å². The number of hydrogen-bond acceptors (Lipinski definition) is 6. The van der Waals surface area contributed by atoms with Gasteiger partial charge in [-0.25, -0.2) is 18.7 Å². The molecule has 1 fully saturated rings. The standard InChI is InChI=1S/C28H28FN5O3/c1-33-12-8-19(9-13-33)18-36-25-16-23-20(14-22(25)17-30)6-7-26(32-23)37-27-15-21-4-2-3-5-24(21)34(27)28(35)31-11-10-29/h2-7,14-16,19H,8-13,18H2,1H3,(H,31,35). The Labute approximate surface area is 214 Å². The molecule has 4 aromatic rings. The number of nitrogens with one attached hydrogen (secondary N) is 1. The molecule has 1 amide bonds. The first-order chi connectivity index (χ1) is 18.1. The highest BCUT2D eigenvalue weighted by atomic mass is 19.1. The second-order valence-corrected chi connectivity index (χ2v) is 9.26. The molecule has 0 unspecified atom stereocenters. The van der Waals surface area contributed by atoms with Gasteiger partial charge in [0.1, 0.15) is 18.5 Å². The van der Waals surface area contributed by atoms with Crippen molar-refractivity contribution < 1.29 is 18.7 Å². The van der Waals surface area contributed by atoms with E-state index in [9.17, 15) is 14.4 Å². The highest BCUT2D eigenvalue weighted by Crippen LogP contribution is 2.31. The Hall–Kier alpha value is -4.16. The number of ether oxygens (including phenoxy) is 2. The number of piperidine rings is 1. The van der Waals surface area contributed by atoms with E-state index in [1.807, 2.05) is 24.3 Å². The molecule has 0 atom stereocenters. The van der Waals surface area contributed by atoms with E-state index in [1.165, 1.54) is 4.57 Å². The minimum absolute atomic E-state index is 0.0967. The van der Waals surface area contributed by atoms with Gasteiger partial charge in [0.15, 0.2) is 0 Å². The average molecular weight is 502 g/mol. The number of amides is 1. The normalized spacial score (nSPS) is 14.5. The van der Waals surface area contributed by atoms with E-state index in [4.69, 9.17) is 9.47 Å². The molecule has 190 valence electrons. The first-order valence-corrected chi connectivity index (χ1v) is 12.3. The maximum atomic E-state index is 12.8. The van der Waals surface area contributed by atoms with Crippen LogP contribution in [0.2, 0.25) is 0 Å². The fourth-order valence-electron chi connectivity index (χ4n) is 4.59. The number of nitriles is 1. The molecule has 8 nitrogen and oxygen atoms in total. The molecule has 1 aliphatic rings. The molecule has 3 heterocycles. The number of aromatic nitrogens is 2. The van der Waals surface area contributed by atoms with Crippen LogP contribution in [0, 0.1) is 17.2 Å². The molecule has 5 rings (SSSR count). The van der Waals surface area contributed by atoms with Crippen LogP contribution in [0.3, 0.4) is 0 Å². The molecule has 1 saturated heterocycles. The van der Waals surface area contributed by atoms with Gasteiger partial charge >= 0.3 is 6.03 Å². The van der Waals surface area contributed by atoms with E-state index in [2.05, 4.69) is 28.3 Å². The molecular formula is C28H28FN5O3. The Kier molecular flexibility index (Phi) is 7.19. The molecule has 0 spiro atoms. The zero-order valence-corrected chi connectivity index (χ0v) is 20.6. The van der Waals surface area contributed by atoms with Gasteiger partial charge in [-0.15, -0.1) is 0 Å². The first-order valence-electron chi connectivity index (χ1n) is 12.3. The van der Waals surface area contributed by atoms with Crippen LogP contribution in [-0.4, -0.2) is 60.4 Å². The van der Waals surface area contributed by atoms with E-state index < -0.39 is 12.7 Å². The number of alkyl halides is 1. The lowest BCUT2D eigenvalue weighted by Gasteiger charge is -2.28. The smallest absolute Gasteiger partial charge is 0.328 e. The molecule has 9 heteroatoms. The number of pyridine rings is 1. The lowest BCUT2D eigenvalue weighted by molar-refractivity contribution is 0.160. The second kappa shape index (κ2) is 10.8. The van der Waals surface area contributed by atoms with E-state index >= 15 is 0 Å². The fraction of sp³-hybridized carbons (Fsp3) is 0.321.